The lowest BCUT2D eigenvalue weighted by atomic mass is 10.2. The smallest absolute Gasteiger partial charge is 0.150 e. The normalized spacial score (nSPS) is 10.1. The second-order valence-corrected chi connectivity index (χ2v) is 3.52. The Morgan fingerprint density at radius 3 is 2.41 bits per heavy atom. The summed E-state index contributed by atoms with van der Waals surface area (Å²) in [6, 6.07) is 3.75. The number of hydrogen-bond acceptors (Lipinski definition) is 3. The molecule has 0 radical (unpaired) electrons. The van der Waals surface area contributed by atoms with E-state index in [1.54, 1.807) is 13.1 Å². The molecule has 0 fully saturated rings. The van der Waals surface area contributed by atoms with Crippen molar-refractivity contribution in [3.8, 4) is 6.07 Å². The quantitative estimate of drug-likeness (QED) is 0.741. The number of likely N-dealkylation sites (N-methyl/N-ethyl adjacent to an activating group) is 1. The van der Waals surface area contributed by atoms with Crippen LogP contribution in [0.4, 0.5) is 14.5 Å². The third kappa shape index (κ3) is 3.40. The van der Waals surface area contributed by atoms with Gasteiger partial charge in [0.25, 0.3) is 0 Å². The van der Waals surface area contributed by atoms with Gasteiger partial charge in [-0.15, -0.1) is 0 Å². The van der Waals surface area contributed by atoms with Crippen molar-refractivity contribution in [3.63, 3.8) is 0 Å². The van der Waals surface area contributed by atoms with Crippen LogP contribution in [-0.4, -0.2) is 26.8 Å². The van der Waals surface area contributed by atoms with Crippen LogP contribution in [0.5, 0.6) is 0 Å². The van der Waals surface area contributed by atoms with E-state index in [4.69, 9.17) is 10.00 Å². The van der Waals surface area contributed by atoms with Crippen molar-refractivity contribution >= 4 is 5.69 Å². The SMILES string of the molecule is CCOCCN(C)c1c(F)cc(C#N)cc1F. The molecule has 3 nitrogen and oxygen atoms in total. The molecule has 0 aliphatic carbocycles. The molecule has 0 spiro atoms. The number of nitriles is 1. The molecular weight excluding hydrogens is 226 g/mol. The van der Waals surface area contributed by atoms with Crippen LogP contribution < -0.4 is 4.90 Å². The predicted octanol–water partition coefficient (Wildman–Crippen LogP) is 2.31. The van der Waals surface area contributed by atoms with E-state index in [0.717, 1.165) is 12.1 Å². The van der Waals surface area contributed by atoms with E-state index in [9.17, 15) is 8.78 Å². The van der Waals surface area contributed by atoms with E-state index in [2.05, 4.69) is 0 Å². The van der Waals surface area contributed by atoms with Crippen molar-refractivity contribution in [2.24, 2.45) is 0 Å². The Morgan fingerprint density at radius 1 is 1.35 bits per heavy atom. The molecule has 0 bridgehead atoms. The summed E-state index contributed by atoms with van der Waals surface area (Å²) in [6.45, 7) is 3.19. The summed E-state index contributed by atoms with van der Waals surface area (Å²) in [5.41, 5.74) is -0.161. The summed E-state index contributed by atoms with van der Waals surface area (Å²) in [4.78, 5) is 1.43. The number of anilines is 1. The predicted molar refractivity (Wildman–Crippen MR) is 60.8 cm³/mol. The van der Waals surface area contributed by atoms with Crippen LogP contribution in [0.1, 0.15) is 12.5 Å². The van der Waals surface area contributed by atoms with Crippen molar-refractivity contribution in [1.82, 2.24) is 0 Å². The van der Waals surface area contributed by atoms with Crippen molar-refractivity contribution in [3.05, 3.63) is 29.3 Å². The van der Waals surface area contributed by atoms with E-state index in [1.807, 2.05) is 6.92 Å². The van der Waals surface area contributed by atoms with Gasteiger partial charge in [-0.3, -0.25) is 0 Å². The number of benzene rings is 1. The van der Waals surface area contributed by atoms with Gasteiger partial charge in [-0.2, -0.15) is 5.26 Å². The Kier molecular flexibility index (Phi) is 4.85. The average molecular weight is 240 g/mol. The lowest BCUT2D eigenvalue weighted by molar-refractivity contribution is 0.154. The monoisotopic (exact) mass is 240 g/mol. The number of hydrogen-bond donors (Lipinski definition) is 0. The molecule has 0 amide bonds. The summed E-state index contributed by atoms with van der Waals surface area (Å²) in [7, 11) is 1.58. The van der Waals surface area contributed by atoms with Gasteiger partial charge in [0, 0.05) is 20.2 Å². The minimum atomic E-state index is -0.736. The zero-order valence-corrected chi connectivity index (χ0v) is 9.83. The first-order chi connectivity index (χ1) is 8.10. The molecule has 17 heavy (non-hydrogen) atoms. The maximum absolute atomic E-state index is 13.6. The minimum absolute atomic E-state index is 0.0260. The average Bonchev–Trinajstić information content (AvgIpc) is 2.28. The molecule has 1 aromatic carbocycles. The molecule has 0 atom stereocenters. The molecule has 5 heteroatoms. The molecule has 92 valence electrons. The summed E-state index contributed by atoms with van der Waals surface area (Å²) >= 11 is 0. The largest absolute Gasteiger partial charge is 0.380 e. The first kappa shape index (κ1) is 13.4. The van der Waals surface area contributed by atoms with Crippen LogP contribution in [0, 0.1) is 23.0 Å². The second kappa shape index (κ2) is 6.16. The Morgan fingerprint density at radius 2 is 1.94 bits per heavy atom. The maximum Gasteiger partial charge on any atom is 0.150 e. The third-order valence-corrected chi connectivity index (χ3v) is 2.30. The molecule has 0 N–H and O–H groups in total. The summed E-state index contributed by atoms with van der Waals surface area (Å²) < 4.78 is 32.3. The fourth-order valence-corrected chi connectivity index (χ4v) is 1.45. The molecule has 0 aromatic heterocycles. The van der Waals surface area contributed by atoms with Gasteiger partial charge in [0.15, 0.2) is 11.6 Å². The van der Waals surface area contributed by atoms with Gasteiger partial charge < -0.3 is 9.64 Å². The van der Waals surface area contributed by atoms with Gasteiger partial charge >= 0.3 is 0 Å². The van der Waals surface area contributed by atoms with Gasteiger partial charge in [0.2, 0.25) is 0 Å². The molecule has 0 aliphatic rings. The lowest BCUT2D eigenvalue weighted by Crippen LogP contribution is -2.24. The Hall–Kier alpha value is -1.67. The number of halogens is 2. The van der Waals surface area contributed by atoms with E-state index < -0.39 is 11.6 Å². The van der Waals surface area contributed by atoms with E-state index in [1.165, 1.54) is 4.90 Å². The molecule has 0 saturated heterocycles. The van der Waals surface area contributed by atoms with Crippen LogP contribution in [0.2, 0.25) is 0 Å². The maximum atomic E-state index is 13.6. The Balaban J connectivity index is 2.87. The van der Waals surface area contributed by atoms with E-state index >= 15 is 0 Å². The van der Waals surface area contributed by atoms with E-state index in [0.29, 0.717) is 19.8 Å². The molecule has 1 rings (SSSR count). The van der Waals surface area contributed by atoms with Crippen LogP contribution >= 0.6 is 0 Å². The molecular formula is C12H14F2N2O. The highest BCUT2D eigenvalue weighted by Crippen LogP contribution is 2.23. The standard InChI is InChI=1S/C12H14F2N2O/c1-3-17-5-4-16(2)12-10(13)6-9(8-15)7-11(12)14/h6-7H,3-5H2,1-2H3. The minimum Gasteiger partial charge on any atom is -0.380 e. The Labute approximate surface area is 99.2 Å². The van der Waals surface area contributed by atoms with Gasteiger partial charge in [0.05, 0.1) is 18.2 Å². The fourth-order valence-electron chi connectivity index (χ4n) is 1.45. The summed E-state index contributed by atoms with van der Waals surface area (Å²) in [6.07, 6.45) is 0. The zero-order valence-electron chi connectivity index (χ0n) is 9.83. The van der Waals surface area contributed by atoms with Crippen LogP contribution in [0.15, 0.2) is 12.1 Å². The number of ether oxygens (including phenoxy) is 1. The third-order valence-electron chi connectivity index (χ3n) is 2.30. The molecule has 0 heterocycles. The van der Waals surface area contributed by atoms with Crippen LogP contribution in [-0.2, 0) is 4.74 Å². The van der Waals surface area contributed by atoms with E-state index in [-0.39, 0.29) is 11.3 Å². The highest BCUT2D eigenvalue weighted by atomic mass is 19.1. The van der Waals surface area contributed by atoms with Gasteiger partial charge in [-0.05, 0) is 19.1 Å². The summed E-state index contributed by atoms with van der Waals surface area (Å²) in [5.74, 6) is -1.47. The fraction of sp³-hybridized carbons (Fsp3) is 0.417. The van der Waals surface area contributed by atoms with Gasteiger partial charge in [0.1, 0.15) is 5.69 Å². The van der Waals surface area contributed by atoms with Gasteiger partial charge in [-0.25, -0.2) is 8.78 Å². The van der Waals surface area contributed by atoms with Crippen molar-refractivity contribution in [2.45, 2.75) is 6.92 Å². The molecule has 0 unspecified atom stereocenters. The number of nitrogens with zero attached hydrogens (tertiary/aromatic N) is 2. The molecule has 0 aliphatic heterocycles. The number of rotatable bonds is 5. The first-order valence-corrected chi connectivity index (χ1v) is 5.28. The van der Waals surface area contributed by atoms with Crippen LogP contribution in [0.3, 0.4) is 0 Å². The molecule has 1 aromatic rings. The lowest BCUT2D eigenvalue weighted by Gasteiger charge is -2.20. The first-order valence-electron chi connectivity index (χ1n) is 5.28. The van der Waals surface area contributed by atoms with Gasteiger partial charge in [-0.1, -0.05) is 0 Å². The van der Waals surface area contributed by atoms with Crippen molar-refractivity contribution in [1.29, 1.82) is 5.26 Å². The topological polar surface area (TPSA) is 36.3 Å². The Bertz CT molecular complexity index is 406. The molecule has 0 saturated carbocycles. The second-order valence-electron chi connectivity index (χ2n) is 3.52. The van der Waals surface area contributed by atoms with Crippen LogP contribution in [0.25, 0.3) is 0 Å². The van der Waals surface area contributed by atoms with Crippen molar-refractivity contribution in [2.75, 3.05) is 31.7 Å². The zero-order chi connectivity index (χ0) is 12.8. The van der Waals surface area contributed by atoms with Crippen molar-refractivity contribution < 1.29 is 13.5 Å². The summed E-state index contributed by atoms with van der Waals surface area (Å²) in [5, 5.41) is 8.57. The highest BCUT2D eigenvalue weighted by molar-refractivity contribution is 5.52. The highest BCUT2D eigenvalue weighted by Gasteiger charge is 2.15.